The quantitative estimate of drug-likeness (QED) is 0.880. The van der Waals surface area contributed by atoms with Crippen LogP contribution in [0.3, 0.4) is 0 Å². The summed E-state index contributed by atoms with van der Waals surface area (Å²) in [6, 6.07) is 7.79. The molecular formula is C12H11FN2O2. The van der Waals surface area contributed by atoms with Crippen molar-refractivity contribution >= 4 is 5.97 Å². The van der Waals surface area contributed by atoms with Crippen molar-refractivity contribution < 1.29 is 14.3 Å². The van der Waals surface area contributed by atoms with Crippen molar-refractivity contribution in [1.29, 1.82) is 0 Å². The predicted molar refractivity (Wildman–Crippen MR) is 59.5 cm³/mol. The summed E-state index contributed by atoms with van der Waals surface area (Å²) in [5.74, 6) is -1.18. The van der Waals surface area contributed by atoms with Gasteiger partial charge >= 0.3 is 5.97 Å². The van der Waals surface area contributed by atoms with Crippen LogP contribution in [0.5, 0.6) is 0 Å². The molecule has 0 aliphatic carbocycles. The molecule has 88 valence electrons. The number of rotatable bonds is 4. The highest BCUT2D eigenvalue weighted by atomic mass is 19.1. The molecule has 2 rings (SSSR count). The van der Waals surface area contributed by atoms with Crippen LogP contribution in [0, 0.1) is 5.82 Å². The number of nitrogens with zero attached hydrogens (tertiary/aromatic N) is 2. The molecule has 0 radical (unpaired) electrons. The van der Waals surface area contributed by atoms with Gasteiger partial charge < -0.3 is 5.11 Å². The van der Waals surface area contributed by atoms with Gasteiger partial charge in [-0.2, -0.15) is 5.10 Å². The molecule has 0 spiro atoms. The van der Waals surface area contributed by atoms with Crippen LogP contribution in [-0.4, -0.2) is 20.9 Å². The van der Waals surface area contributed by atoms with E-state index in [9.17, 15) is 9.18 Å². The monoisotopic (exact) mass is 234 g/mol. The first-order valence-electron chi connectivity index (χ1n) is 5.17. The number of halogens is 1. The van der Waals surface area contributed by atoms with Crippen LogP contribution in [0.1, 0.15) is 12.1 Å². The van der Waals surface area contributed by atoms with Crippen molar-refractivity contribution in [1.82, 2.24) is 9.78 Å². The fourth-order valence-electron chi connectivity index (χ4n) is 1.49. The number of aliphatic carboxylic acids is 1. The summed E-state index contributed by atoms with van der Waals surface area (Å²) >= 11 is 0. The zero-order chi connectivity index (χ0) is 12.3. The van der Waals surface area contributed by atoms with Crippen LogP contribution >= 0.6 is 0 Å². The van der Waals surface area contributed by atoms with Crippen molar-refractivity contribution in [3.8, 4) is 5.69 Å². The third kappa shape index (κ3) is 2.90. The molecule has 0 unspecified atom stereocenters. The Morgan fingerprint density at radius 2 is 2.24 bits per heavy atom. The van der Waals surface area contributed by atoms with Gasteiger partial charge in [0.05, 0.1) is 17.8 Å². The van der Waals surface area contributed by atoms with Gasteiger partial charge in [0, 0.05) is 12.6 Å². The molecule has 1 heterocycles. The first-order valence-corrected chi connectivity index (χ1v) is 5.17. The summed E-state index contributed by atoms with van der Waals surface area (Å²) in [5.41, 5.74) is 1.29. The van der Waals surface area contributed by atoms with Gasteiger partial charge in [-0.05, 0) is 24.3 Å². The standard InChI is InChI=1S/C12H11FN2O2/c13-9-2-1-3-11(8-9)15-7-6-10(14-15)4-5-12(16)17/h1-3,6-8H,4-5H2,(H,16,17). The zero-order valence-corrected chi connectivity index (χ0v) is 9.01. The molecule has 0 aliphatic rings. The maximum Gasteiger partial charge on any atom is 0.303 e. The minimum atomic E-state index is -0.856. The lowest BCUT2D eigenvalue weighted by Gasteiger charge is -2.00. The highest BCUT2D eigenvalue weighted by Gasteiger charge is 2.04. The molecular weight excluding hydrogens is 223 g/mol. The van der Waals surface area contributed by atoms with E-state index in [-0.39, 0.29) is 12.2 Å². The molecule has 17 heavy (non-hydrogen) atoms. The Hall–Kier alpha value is -2.17. The lowest BCUT2D eigenvalue weighted by atomic mass is 10.2. The van der Waals surface area contributed by atoms with Crippen LogP contribution in [-0.2, 0) is 11.2 Å². The second-order valence-corrected chi connectivity index (χ2v) is 3.63. The highest BCUT2D eigenvalue weighted by molar-refractivity contribution is 5.66. The van der Waals surface area contributed by atoms with E-state index in [4.69, 9.17) is 5.11 Å². The third-order valence-corrected chi connectivity index (χ3v) is 2.31. The number of hydrogen-bond acceptors (Lipinski definition) is 2. The van der Waals surface area contributed by atoms with E-state index < -0.39 is 5.97 Å². The van der Waals surface area contributed by atoms with E-state index in [0.717, 1.165) is 0 Å². The minimum Gasteiger partial charge on any atom is -0.481 e. The van der Waals surface area contributed by atoms with Crippen LogP contribution in [0.4, 0.5) is 4.39 Å². The summed E-state index contributed by atoms with van der Waals surface area (Å²) < 4.78 is 14.5. The molecule has 1 N–H and O–H groups in total. The molecule has 0 saturated carbocycles. The first-order chi connectivity index (χ1) is 8.15. The van der Waals surface area contributed by atoms with E-state index in [1.165, 1.54) is 16.8 Å². The minimum absolute atomic E-state index is 0.0418. The van der Waals surface area contributed by atoms with Gasteiger partial charge in [-0.1, -0.05) is 6.07 Å². The lowest BCUT2D eigenvalue weighted by molar-refractivity contribution is -0.136. The van der Waals surface area contributed by atoms with Crippen LogP contribution in [0.2, 0.25) is 0 Å². The van der Waals surface area contributed by atoms with Gasteiger partial charge in [0.2, 0.25) is 0 Å². The van der Waals surface area contributed by atoms with E-state index in [1.807, 2.05) is 0 Å². The average molecular weight is 234 g/mol. The zero-order valence-electron chi connectivity index (χ0n) is 9.01. The normalized spacial score (nSPS) is 10.4. The van der Waals surface area contributed by atoms with Crippen molar-refractivity contribution in [3.05, 3.63) is 48.0 Å². The first kappa shape index (κ1) is 11.3. The van der Waals surface area contributed by atoms with Gasteiger partial charge in [0.25, 0.3) is 0 Å². The largest absolute Gasteiger partial charge is 0.481 e. The Morgan fingerprint density at radius 1 is 1.41 bits per heavy atom. The topological polar surface area (TPSA) is 55.1 Å². The number of aromatic nitrogens is 2. The van der Waals surface area contributed by atoms with E-state index in [2.05, 4.69) is 5.10 Å². The molecule has 0 atom stereocenters. The molecule has 5 heteroatoms. The maximum atomic E-state index is 13.0. The summed E-state index contributed by atoms with van der Waals surface area (Å²) in [7, 11) is 0. The Bertz CT molecular complexity index is 537. The third-order valence-electron chi connectivity index (χ3n) is 2.31. The summed E-state index contributed by atoms with van der Waals surface area (Å²) in [6.45, 7) is 0. The Morgan fingerprint density at radius 3 is 2.94 bits per heavy atom. The molecule has 2 aromatic rings. The molecule has 0 amide bonds. The van der Waals surface area contributed by atoms with Gasteiger partial charge in [-0.25, -0.2) is 9.07 Å². The smallest absolute Gasteiger partial charge is 0.303 e. The Labute approximate surface area is 97.3 Å². The lowest BCUT2D eigenvalue weighted by Crippen LogP contribution is -2.00. The fraction of sp³-hybridized carbons (Fsp3) is 0.167. The van der Waals surface area contributed by atoms with Crippen LogP contribution < -0.4 is 0 Å². The predicted octanol–water partition coefficient (Wildman–Crippen LogP) is 2.03. The number of carboxylic acid groups (broad SMARTS) is 1. The second-order valence-electron chi connectivity index (χ2n) is 3.63. The molecule has 1 aromatic heterocycles. The van der Waals surface area contributed by atoms with Crippen molar-refractivity contribution in [2.45, 2.75) is 12.8 Å². The number of benzene rings is 1. The van der Waals surface area contributed by atoms with Gasteiger partial charge in [0.1, 0.15) is 5.82 Å². The van der Waals surface area contributed by atoms with E-state index in [0.29, 0.717) is 17.8 Å². The number of carboxylic acids is 1. The van der Waals surface area contributed by atoms with Crippen LogP contribution in [0.15, 0.2) is 36.5 Å². The summed E-state index contributed by atoms with van der Waals surface area (Å²) in [5, 5.41) is 12.7. The molecule has 1 aromatic carbocycles. The maximum absolute atomic E-state index is 13.0. The molecule has 0 saturated heterocycles. The van der Waals surface area contributed by atoms with E-state index >= 15 is 0 Å². The number of hydrogen-bond donors (Lipinski definition) is 1. The van der Waals surface area contributed by atoms with Crippen molar-refractivity contribution in [2.75, 3.05) is 0 Å². The number of carbonyl (C=O) groups is 1. The Balaban J connectivity index is 2.15. The molecule has 0 fully saturated rings. The summed E-state index contributed by atoms with van der Waals surface area (Å²) in [6.07, 6.45) is 2.10. The average Bonchev–Trinajstić information content (AvgIpc) is 2.75. The van der Waals surface area contributed by atoms with Gasteiger partial charge in [0.15, 0.2) is 0 Å². The number of aryl methyl sites for hydroxylation is 1. The van der Waals surface area contributed by atoms with Crippen molar-refractivity contribution in [2.24, 2.45) is 0 Å². The summed E-state index contributed by atoms with van der Waals surface area (Å²) in [4.78, 5) is 10.4. The molecule has 4 nitrogen and oxygen atoms in total. The SMILES string of the molecule is O=C(O)CCc1ccn(-c2cccc(F)c2)n1. The Kier molecular flexibility index (Phi) is 3.18. The van der Waals surface area contributed by atoms with E-state index in [1.54, 1.807) is 24.4 Å². The fourth-order valence-corrected chi connectivity index (χ4v) is 1.49. The van der Waals surface area contributed by atoms with Gasteiger partial charge in [-0.3, -0.25) is 4.79 Å². The molecule has 0 aliphatic heterocycles. The van der Waals surface area contributed by atoms with Crippen LogP contribution in [0.25, 0.3) is 5.69 Å². The van der Waals surface area contributed by atoms with Gasteiger partial charge in [-0.15, -0.1) is 0 Å². The van der Waals surface area contributed by atoms with Crippen molar-refractivity contribution in [3.63, 3.8) is 0 Å². The second kappa shape index (κ2) is 4.78. The molecule has 0 bridgehead atoms. The highest BCUT2D eigenvalue weighted by Crippen LogP contribution is 2.10.